The molecule has 0 bridgehead atoms. The number of likely N-dealkylation sites (N-methyl/N-ethyl adjacent to an activating group) is 1. The predicted octanol–water partition coefficient (Wildman–Crippen LogP) is 5.10. The van der Waals surface area contributed by atoms with Crippen LogP contribution in [0.2, 0.25) is 5.02 Å². The standard InChI is InChI=1S/C24H32BrClFN5O3/c1-14-12-31(23(33)35-24(2,3)4)9-10-32(14)21-16-11-17(26)18(25)19(27)20(16)28-22(29-21)34-13-15-7-6-8-30(15)5/h11,14-15H,6-10,12-13H2,1-5H3/t14-,15-/m0/s1. The minimum absolute atomic E-state index is 0.103. The zero-order valence-electron chi connectivity index (χ0n) is 20.8. The van der Waals surface area contributed by atoms with Crippen LogP contribution in [0.15, 0.2) is 10.5 Å². The quantitative estimate of drug-likeness (QED) is 0.472. The molecule has 2 atom stereocenters. The van der Waals surface area contributed by atoms with Gasteiger partial charge in [0.05, 0.1) is 9.50 Å². The van der Waals surface area contributed by atoms with Crippen LogP contribution in [-0.4, -0.2) is 83.4 Å². The van der Waals surface area contributed by atoms with E-state index in [9.17, 15) is 4.79 Å². The number of hydrogen-bond donors (Lipinski definition) is 0. The maximum Gasteiger partial charge on any atom is 0.410 e. The molecule has 1 amide bonds. The number of ether oxygens (including phenoxy) is 2. The molecule has 2 aliphatic rings. The molecular weight excluding hydrogens is 541 g/mol. The average molecular weight is 573 g/mol. The lowest BCUT2D eigenvalue weighted by Crippen LogP contribution is -2.55. The predicted molar refractivity (Wildman–Crippen MR) is 138 cm³/mol. The van der Waals surface area contributed by atoms with Crippen LogP contribution in [0.4, 0.5) is 15.0 Å². The summed E-state index contributed by atoms with van der Waals surface area (Å²) in [5.41, 5.74) is -0.426. The number of rotatable bonds is 4. The summed E-state index contributed by atoms with van der Waals surface area (Å²) in [6.07, 6.45) is 1.81. The summed E-state index contributed by atoms with van der Waals surface area (Å²) in [6.45, 7) is 10.4. The fourth-order valence-electron chi connectivity index (χ4n) is 4.55. The van der Waals surface area contributed by atoms with Crippen molar-refractivity contribution >= 4 is 50.3 Å². The van der Waals surface area contributed by atoms with Gasteiger partial charge in [-0.25, -0.2) is 9.18 Å². The summed E-state index contributed by atoms with van der Waals surface area (Å²) < 4.78 is 26.9. The van der Waals surface area contributed by atoms with Gasteiger partial charge in [-0.15, -0.1) is 0 Å². The summed E-state index contributed by atoms with van der Waals surface area (Å²) >= 11 is 9.52. The highest BCUT2D eigenvalue weighted by atomic mass is 79.9. The lowest BCUT2D eigenvalue weighted by atomic mass is 10.1. The Hall–Kier alpha value is -1.91. The van der Waals surface area contributed by atoms with E-state index < -0.39 is 11.4 Å². The summed E-state index contributed by atoms with van der Waals surface area (Å²) in [4.78, 5) is 27.7. The van der Waals surface area contributed by atoms with E-state index in [1.807, 2.05) is 32.6 Å². The number of anilines is 1. The highest BCUT2D eigenvalue weighted by Gasteiger charge is 2.32. The summed E-state index contributed by atoms with van der Waals surface area (Å²) in [5, 5.41) is 0.736. The third kappa shape index (κ3) is 5.75. The van der Waals surface area contributed by atoms with Crippen LogP contribution in [0.5, 0.6) is 6.01 Å². The van der Waals surface area contributed by atoms with Gasteiger partial charge in [0, 0.05) is 37.1 Å². The van der Waals surface area contributed by atoms with Crippen LogP contribution in [-0.2, 0) is 4.74 Å². The van der Waals surface area contributed by atoms with Gasteiger partial charge < -0.3 is 24.2 Å². The van der Waals surface area contributed by atoms with Gasteiger partial charge in [0.1, 0.15) is 23.5 Å². The Balaban J connectivity index is 1.64. The van der Waals surface area contributed by atoms with E-state index in [-0.39, 0.29) is 39.2 Å². The Morgan fingerprint density at radius 3 is 2.66 bits per heavy atom. The van der Waals surface area contributed by atoms with Gasteiger partial charge in [-0.3, -0.25) is 0 Å². The first kappa shape index (κ1) is 26.2. The Morgan fingerprint density at radius 1 is 1.29 bits per heavy atom. The van der Waals surface area contributed by atoms with Crippen molar-refractivity contribution in [3.05, 3.63) is 21.4 Å². The maximum absolute atomic E-state index is 15.2. The average Bonchev–Trinajstić information content (AvgIpc) is 3.19. The monoisotopic (exact) mass is 571 g/mol. The molecule has 1 aromatic heterocycles. The first-order chi connectivity index (χ1) is 16.4. The van der Waals surface area contributed by atoms with E-state index in [0.29, 0.717) is 37.4 Å². The molecular formula is C24H32BrClFN5O3. The zero-order valence-corrected chi connectivity index (χ0v) is 23.1. The molecule has 3 heterocycles. The second-order valence-corrected chi connectivity index (χ2v) is 11.5. The second-order valence-electron chi connectivity index (χ2n) is 10.3. The number of benzene rings is 1. The van der Waals surface area contributed by atoms with Gasteiger partial charge in [-0.1, -0.05) is 11.6 Å². The molecule has 0 unspecified atom stereocenters. The molecule has 2 aliphatic heterocycles. The fraction of sp³-hybridized carbons (Fsp3) is 0.625. The molecule has 2 saturated heterocycles. The van der Waals surface area contributed by atoms with Crippen LogP contribution in [0, 0.1) is 5.82 Å². The van der Waals surface area contributed by atoms with Crippen molar-refractivity contribution in [2.75, 3.05) is 44.7 Å². The maximum atomic E-state index is 15.2. The first-order valence-electron chi connectivity index (χ1n) is 11.9. The number of carbonyl (C=O) groups excluding carboxylic acids is 1. The molecule has 11 heteroatoms. The second kappa shape index (κ2) is 10.2. The van der Waals surface area contributed by atoms with Crippen molar-refractivity contribution < 1.29 is 18.7 Å². The van der Waals surface area contributed by atoms with Gasteiger partial charge in [-0.05, 0) is 76.1 Å². The number of aromatic nitrogens is 2. The molecule has 192 valence electrons. The van der Waals surface area contributed by atoms with Crippen LogP contribution >= 0.6 is 27.5 Å². The number of nitrogens with zero attached hydrogens (tertiary/aromatic N) is 5. The number of piperazine rings is 1. The number of likely N-dealkylation sites (tertiary alicyclic amines) is 1. The normalized spacial score (nSPS) is 21.6. The summed E-state index contributed by atoms with van der Waals surface area (Å²) in [5.74, 6) is -0.0200. The van der Waals surface area contributed by atoms with Gasteiger partial charge in [0.15, 0.2) is 5.82 Å². The molecule has 0 radical (unpaired) electrons. The number of hydrogen-bond acceptors (Lipinski definition) is 7. The molecule has 8 nitrogen and oxygen atoms in total. The van der Waals surface area contributed by atoms with Crippen LogP contribution < -0.4 is 9.64 Å². The topological polar surface area (TPSA) is 71.0 Å². The van der Waals surface area contributed by atoms with E-state index in [4.69, 9.17) is 26.1 Å². The third-order valence-corrected chi connectivity index (χ3v) is 7.72. The van der Waals surface area contributed by atoms with Crippen LogP contribution in [0.1, 0.15) is 40.5 Å². The molecule has 1 aromatic carbocycles. The molecule has 0 aliphatic carbocycles. The van der Waals surface area contributed by atoms with Crippen molar-refractivity contribution in [1.29, 1.82) is 0 Å². The molecule has 35 heavy (non-hydrogen) atoms. The minimum atomic E-state index is -0.568. The molecule has 0 N–H and O–H groups in total. The van der Waals surface area contributed by atoms with Gasteiger partial charge in [0.2, 0.25) is 0 Å². The molecule has 2 fully saturated rings. The van der Waals surface area contributed by atoms with Crippen molar-refractivity contribution in [1.82, 2.24) is 19.8 Å². The molecule has 2 aromatic rings. The SMILES string of the molecule is C[C@H]1CN(C(=O)OC(C)(C)C)CCN1c1nc(OC[C@@H]2CCCN2C)nc2c(F)c(Br)c(Cl)cc12. The number of halogens is 3. The smallest absolute Gasteiger partial charge is 0.410 e. The Labute approximate surface area is 218 Å². The molecule has 0 spiro atoms. The van der Waals surface area contributed by atoms with E-state index in [2.05, 4.69) is 32.9 Å². The van der Waals surface area contributed by atoms with E-state index in [1.54, 1.807) is 11.0 Å². The zero-order chi connectivity index (χ0) is 25.5. The van der Waals surface area contributed by atoms with Crippen molar-refractivity contribution in [3.8, 4) is 6.01 Å². The van der Waals surface area contributed by atoms with Gasteiger partial charge >= 0.3 is 12.1 Å². The third-order valence-electron chi connectivity index (χ3n) is 6.41. The Morgan fingerprint density at radius 2 is 2.03 bits per heavy atom. The summed E-state index contributed by atoms with van der Waals surface area (Å²) in [7, 11) is 2.07. The Kier molecular flexibility index (Phi) is 7.64. The van der Waals surface area contributed by atoms with Crippen LogP contribution in [0.25, 0.3) is 10.9 Å². The van der Waals surface area contributed by atoms with Crippen molar-refractivity contribution in [2.24, 2.45) is 0 Å². The molecule has 4 rings (SSSR count). The van der Waals surface area contributed by atoms with Crippen molar-refractivity contribution in [3.63, 3.8) is 0 Å². The minimum Gasteiger partial charge on any atom is -0.462 e. The first-order valence-corrected chi connectivity index (χ1v) is 13.0. The Bertz CT molecular complexity index is 1110. The van der Waals surface area contributed by atoms with E-state index in [1.165, 1.54) is 0 Å². The van der Waals surface area contributed by atoms with Crippen molar-refractivity contribution in [2.45, 2.75) is 58.2 Å². The fourth-order valence-corrected chi connectivity index (χ4v) is 5.04. The lowest BCUT2D eigenvalue weighted by Gasteiger charge is -2.41. The lowest BCUT2D eigenvalue weighted by molar-refractivity contribution is 0.0218. The van der Waals surface area contributed by atoms with E-state index >= 15 is 4.39 Å². The highest BCUT2D eigenvalue weighted by molar-refractivity contribution is 9.10. The van der Waals surface area contributed by atoms with Crippen LogP contribution in [0.3, 0.4) is 0 Å². The van der Waals surface area contributed by atoms with Gasteiger partial charge in [0.25, 0.3) is 0 Å². The highest BCUT2D eigenvalue weighted by Crippen LogP contribution is 2.37. The van der Waals surface area contributed by atoms with Gasteiger partial charge in [-0.2, -0.15) is 9.97 Å². The molecule has 0 saturated carbocycles. The number of fused-ring (bicyclic) bond motifs is 1. The van der Waals surface area contributed by atoms with E-state index in [0.717, 1.165) is 19.4 Å². The number of carbonyl (C=O) groups is 1. The largest absolute Gasteiger partial charge is 0.462 e. The number of amides is 1. The summed E-state index contributed by atoms with van der Waals surface area (Å²) in [6, 6.07) is 1.97.